The van der Waals surface area contributed by atoms with E-state index in [0.29, 0.717) is 5.46 Å². The Morgan fingerprint density at radius 3 is 1.70 bits per heavy atom. The number of allylic oxidation sites excluding steroid dienone is 5. The smallest absolute Gasteiger partial charge is 0.423 e. The third kappa shape index (κ3) is 5.37. The monoisotopic (exact) mass is 603 g/mol. The van der Waals surface area contributed by atoms with Gasteiger partial charge in [0.25, 0.3) is 0 Å². The largest absolute Gasteiger partial charge is 0.488 e. The lowest BCUT2D eigenvalue weighted by Gasteiger charge is -2.26. The lowest BCUT2D eigenvalue weighted by Crippen LogP contribution is -2.29. The second kappa shape index (κ2) is 12.1. The summed E-state index contributed by atoms with van der Waals surface area (Å²) < 4.78 is 0. The van der Waals surface area contributed by atoms with E-state index in [1.165, 1.54) is 32.3 Å². The molecule has 47 heavy (non-hydrogen) atoms. The number of anilines is 3. The Labute approximate surface area is 274 Å². The van der Waals surface area contributed by atoms with Crippen LogP contribution in [0.1, 0.15) is 5.56 Å². The second-order valence-electron chi connectivity index (χ2n) is 11.7. The van der Waals surface area contributed by atoms with E-state index in [4.69, 9.17) is 0 Å². The first-order valence-corrected chi connectivity index (χ1v) is 15.7. The zero-order valence-corrected chi connectivity index (χ0v) is 25.6. The third-order valence-electron chi connectivity index (χ3n) is 8.91. The van der Waals surface area contributed by atoms with Crippen molar-refractivity contribution in [2.24, 2.45) is 0 Å². The van der Waals surface area contributed by atoms with Gasteiger partial charge < -0.3 is 14.9 Å². The second-order valence-corrected chi connectivity index (χ2v) is 11.7. The molecule has 0 amide bonds. The van der Waals surface area contributed by atoms with Crippen molar-refractivity contribution in [3.63, 3.8) is 0 Å². The summed E-state index contributed by atoms with van der Waals surface area (Å²) in [5.74, 6) is 0. The minimum Gasteiger partial charge on any atom is -0.423 e. The van der Waals surface area contributed by atoms with Crippen molar-refractivity contribution in [3.8, 4) is 11.1 Å². The van der Waals surface area contributed by atoms with Gasteiger partial charge >= 0.3 is 7.12 Å². The molecule has 222 valence electrons. The fourth-order valence-corrected chi connectivity index (χ4v) is 6.59. The fraction of sp³-hybridized carbons (Fsp3) is 0. The number of rotatable bonds is 6. The Morgan fingerprint density at radius 1 is 0.468 bits per heavy atom. The van der Waals surface area contributed by atoms with Crippen LogP contribution in [0.5, 0.6) is 0 Å². The van der Waals surface area contributed by atoms with Crippen LogP contribution < -0.4 is 10.4 Å². The van der Waals surface area contributed by atoms with E-state index in [2.05, 4.69) is 132 Å². The summed E-state index contributed by atoms with van der Waals surface area (Å²) in [6.45, 7) is 0. The van der Waals surface area contributed by atoms with Crippen LogP contribution in [0.4, 0.5) is 17.1 Å². The zero-order valence-electron chi connectivity index (χ0n) is 25.6. The topological polar surface area (TPSA) is 43.7 Å². The SMILES string of the molecule is OB(O)c1ccc(N(c2ccc(-c3cccc(C4=CC=CC=C=C4)c3)cc2)c2ccc3c4ccccc4c4ccccc4c3c2)cc1. The van der Waals surface area contributed by atoms with Gasteiger partial charge in [-0.3, -0.25) is 0 Å². The van der Waals surface area contributed by atoms with Crippen molar-refractivity contribution in [2.45, 2.75) is 0 Å². The van der Waals surface area contributed by atoms with Gasteiger partial charge in [0.15, 0.2) is 0 Å². The Balaban J connectivity index is 1.25. The molecule has 4 heteroatoms. The Kier molecular flexibility index (Phi) is 7.37. The minimum absolute atomic E-state index is 0.449. The highest BCUT2D eigenvalue weighted by molar-refractivity contribution is 6.58. The standard InChI is InChI=1S/C43H30BNO2/c46-44(47)34-20-24-36(25-21-34)45(35-22-18-31(19-23-35)33-13-9-12-32(28-33)30-10-3-1-2-4-11-30)37-26-27-42-40-16-6-5-14-38(40)39-15-7-8-17-41(39)43(42)29-37/h1-3,5-29,46-47H. The first-order chi connectivity index (χ1) is 23.1. The van der Waals surface area contributed by atoms with Gasteiger partial charge in [-0.1, -0.05) is 115 Å². The van der Waals surface area contributed by atoms with Crippen molar-refractivity contribution < 1.29 is 10.0 Å². The maximum atomic E-state index is 9.78. The number of hydrogen-bond donors (Lipinski definition) is 2. The molecule has 3 nitrogen and oxygen atoms in total. The molecule has 0 spiro atoms. The van der Waals surface area contributed by atoms with Gasteiger partial charge in [-0.05, 0) is 115 Å². The third-order valence-corrected chi connectivity index (χ3v) is 8.91. The molecule has 1 aliphatic carbocycles. The van der Waals surface area contributed by atoms with E-state index >= 15 is 0 Å². The molecule has 0 atom stereocenters. The zero-order chi connectivity index (χ0) is 31.7. The van der Waals surface area contributed by atoms with Crippen LogP contribution >= 0.6 is 0 Å². The van der Waals surface area contributed by atoms with Crippen molar-refractivity contribution in [1.29, 1.82) is 0 Å². The summed E-state index contributed by atoms with van der Waals surface area (Å²) in [6.07, 6.45) is 10.0. The van der Waals surface area contributed by atoms with Gasteiger partial charge in [0.05, 0.1) is 0 Å². The number of hydrogen-bond acceptors (Lipinski definition) is 3. The van der Waals surface area contributed by atoms with Crippen LogP contribution in [0.15, 0.2) is 176 Å². The molecule has 8 rings (SSSR count). The molecule has 0 aliphatic heterocycles. The van der Waals surface area contributed by atoms with Crippen molar-refractivity contribution in [1.82, 2.24) is 0 Å². The molecule has 0 unspecified atom stereocenters. The molecule has 0 bridgehead atoms. The lowest BCUT2D eigenvalue weighted by molar-refractivity contribution is 0.426. The Hall–Kier alpha value is -5.90. The highest BCUT2D eigenvalue weighted by atomic mass is 16.4. The molecule has 0 fully saturated rings. The molecule has 0 aromatic heterocycles. The molecule has 0 saturated carbocycles. The molecule has 7 aromatic carbocycles. The quantitative estimate of drug-likeness (QED) is 0.113. The van der Waals surface area contributed by atoms with Crippen LogP contribution in [-0.2, 0) is 0 Å². The van der Waals surface area contributed by atoms with Gasteiger partial charge in [0.2, 0.25) is 0 Å². The van der Waals surface area contributed by atoms with Gasteiger partial charge in [-0.15, -0.1) is 5.73 Å². The molecular formula is C43H30BNO2. The summed E-state index contributed by atoms with van der Waals surface area (Å²) in [6, 6.07) is 48.5. The molecule has 2 N–H and O–H groups in total. The van der Waals surface area contributed by atoms with E-state index in [9.17, 15) is 10.0 Å². The summed E-state index contributed by atoms with van der Waals surface area (Å²) in [4.78, 5) is 2.22. The van der Waals surface area contributed by atoms with Crippen molar-refractivity contribution >= 4 is 67.5 Å². The normalized spacial score (nSPS) is 12.4. The van der Waals surface area contributed by atoms with Crippen LogP contribution in [-0.4, -0.2) is 17.2 Å². The predicted molar refractivity (Wildman–Crippen MR) is 199 cm³/mol. The maximum Gasteiger partial charge on any atom is 0.488 e. The van der Waals surface area contributed by atoms with Gasteiger partial charge in [-0.2, -0.15) is 0 Å². The van der Waals surface area contributed by atoms with Crippen LogP contribution in [0.3, 0.4) is 0 Å². The van der Waals surface area contributed by atoms with Crippen LogP contribution in [0, 0.1) is 0 Å². The molecule has 0 heterocycles. The highest BCUT2D eigenvalue weighted by Gasteiger charge is 2.17. The first-order valence-electron chi connectivity index (χ1n) is 15.7. The Morgan fingerprint density at radius 2 is 1.04 bits per heavy atom. The maximum absolute atomic E-state index is 9.78. The van der Waals surface area contributed by atoms with E-state index < -0.39 is 7.12 Å². The van der Waals surface area contributed by atoms with E-state index in [1.54, 1.807) is 12.1 Å². The molecule has 1 aliphatic rings. The van der Waals surface area contributed by atoms with Gasteiger partial charge in [-0.25, -0.2) is 0 Å². The van der Waals surface area contributed by atoms with Crippen LogP contribution in [0.25, 0.3) is 49.0 Å². The summed E-state index contributed by atoms with van der Waals surface area (Å²) in [5, 5.41) is 26.9. The molecule has 0 saturated heterocycles. The van der Waals surface area contributed by atoms with E-state index in [1.807, 2.05) is 36.4 Å². The summed E-state index contributed by atoms with van der Waals surface area (Å²) in [5.41, 5.74) is 11.1. The summed E-state index contributed by atoms with van der Waals surface area (Å²) in [7, 11) is -1.52. The van der Waals surface area contributed by atoms with Gasteiger partial charge in [0, 0.05) is 17.1 Å². The van der Waals surface area contributed by atoms with Crippen LogP contribution in [0.2, 0.25) is 0 Å². The highest BCUT2D eigenvalue weighted by Crippen LogP contribution is 2.41. The lowest BCUT2D eigenvalue weighted by atomic mass is 9.80. The number of fused-ring (bicyclic) bond motifs is 6. The number of benzene rings is 7. The minimum atomic E-state index is -1.52. The number of nitrogens with zero attached hydrogens (tertiary/aromatic N) is 1. The average Bonchev–Trinajstić information content (AvgIpc) is 3.43. The van der Waals surface area contributed by atoms with E-state index in [-0.39, 0.29) is 0 Å². The molecule has 0 radical (unpaired) electrons. The van der Waals surface area contributed by atoms with Crippen molar-refractivity contribution in [3.05, 3.63) is 181 Å². The van der Waals surface area contributed by atoms with E-state index in [0.717, 1.165) is 39.3 Å². The van der Waals surface area contributed by atoms with Gasteiger partial charge in [0.1, 0.15) is 0 Å². The summed E-state index contributed by atoms with van der Waals surface area (Å²) >= 11 is 0. The average molecular weight is 604 g/mol. The first kappa shape index (κ1) is 28.6. The predicted octanol–water partition coefficient (Wildman–Crippen LogP) is 9.63. The molecule has 7 aromatic rings. The fourth-order valence-electron chi connectivity index (χ4n) is 6.59. The Bertz CT molecular complexity index is 2380. The van der Waals surface area contributed by atoms with Crippen molar-refractivity contribution in [2.75, 3.05) is 4.90 Å². The molecular weight excluding hydrogens is 573 g/mol.